The molecule has 22 heavy (non-hydrogen) atoms. The quantitative estimate of drug-likeness (QED) is 0.873. The summed E-state index contributed by atoms with van der Waals surface area (Å²) in [5.41, 5.74) is 1.14. The lowest BCUT2D eigenvalue weighted by Gasteiger charge is -2.33. The predicted octanol–water partition coefficient (Wildman–Crippen LogP) is 2.29. The second kappa shape index (κ2) is 7.57. The van der Waals surface area contributed by atoms with E-state index in [2.05, 4.69) is 16.1 Å². The molecule has 0 bridgehead atoms. The van der Waals surface area contributed by atoms with Crippen molar-refractivity contribution in [3.05, 3.63) is 17.5 Å². The smallest absolute Gasteiger partial charge is 0.150 e. The van der Waals surface area contributed by atoms with Gasteiger partial charge in [-0.05, 0) is 44.7 Å². The van der Waals surface area contributed by atoms with E-state index in [1.807, 2.05) is 0 Å². The van der Waals surface area contributed by atoms with E-state index in [0.717, 1.165) is 43.9 Å². The van der Waals surface area contributed by atoms with Gasteiger partial charge >= 0.3 is 0 Å². The van der Waals surface area contributed by atoms with Gasteiger partial charge in [0.1, 0.15) is 0 Å². The minimum atomic E-state index is -0.565. The van der Waals surface area contributed by atoms with Gasteiger partial charge in [-0.1, -0.05) is 24.4 Å². The van der Waals surface area contributed by atoms with Crippen LogP contribution in [0.1, 0.15) is 62.3 Å². The van der Waals surface area contributed by atoms with Gasteiger partial charge in [0.15, 0.2) is 5.76 Å². The van der Waals surface area contributed by atoms with E-state index < -0.39 is 6.10 Å². The van der Waals surface area contributed by atoms with Crippen LogP contribution in [-0.2, 0) is 6.54 Å². The minimum Gasteiger partial charge on any atom is -0.394 e. The molecule has 2 fully saturated rings. The zero-order valence-electron chi connectivity index (χ0n) is 13.3. The van der Waals surface area contributed by atoms with E-state index in [1.54, 1.807) is 0 Å². The second-order valence-electron chi connectivity index (χ2n) is 6.92. The maximum absolute atomic E-state index is 9.71. The number of hydrogen-bond donors (Lipinski definition) is 2. The van der Waals surface area contributed by atoms with Crippen LogP contribution in [-0.4, -0.2) is 46.1 Å². The molecule has 2 heterocycles. The third kappa shape index (κ3) is 3.89. The molecule has 0 radical (unpaired) electrons. The fourth-order valence-electron chi connectivity index (χ4n) is 3.86. The molecule has 1 saturated carbocycles. The predicted molar refractivity (Wildman–Crippen MR) is 83.4 cm³/mol. The van der Waals surface area contributed by atoms with Crippen molar-refractivity contribution < 1.29 is 14.7 Å². The van der Waals surface area contributed by atoms with Crippen LogP contribution in [0.4, 0.5) is 0 Å². The highest BCUT2D eigenvalue weighted by Crippen LogP contribution is 2.32. The van der Waals surface area contributed by atoms with E-state index in [9.17, 15) is 5.11 Å². The van der Waals surface area contributed by atoms with Gasteiger partial charge in [0.2, 0.25) is 0 Å². The first-order valence-electron chi connectivity index (χ1n) is 8.73. The van der Waals surface area contributed by atoms with E-state index in [-0.39, 0.29) is 12.5 Å². The lowest BCUT2D eigenvalue weighted by molar-refractivity contribution is 0.0160. The molecule has 3 rings (SSSR count). The zero-order valence-corrected chi connectivity index (χ0v) is 13.3. The molecule has 124 valence electrons. The fraction of sp³-hybridized carbons (Fsp3) is 0.824. The third-order valence-electron chi connectivity index (χ3n) is 5.34. The molecule has 0 spiro atoms. The Hall–Kier alpha value is -0.910. The third-order valence-corrected chi connectivity index (χ3v) is 5.34. The number of nitrogens with zero attached hydrogens (tertiary/aromatic N) is 2. The Balaban J connectivity index is 1.49. The molecule has 2 N–H and O–H groups in total. The van der Waals surface area contributed by atoms with Crippen molar-refractivity contribution in [2.75, 3.05) is 19.7 Å². The highest BCUT2D eigenvalue weighted by molar-refractivity contribution is 5.11. The van der Waals surface area contributed by atoms with Crippen LogP contribution < -0.4 is 0 Å². The summed E-state index contributed by atoms with van der Waals surface area (Å²) in [4.78, 5) is 2.35. The Labute approximate surface area is 132 Å². The molecule has 0 aromatic carbocycles. The molecule has 2 aliphatic rings. The van der Waals surface area contributed by atoms with Gasteiger partial charge in [0.25, 0.3) is 0 Å². The van der Waals surface area contributed by atoms with E-state index in [0.29, 0.717) is 5.92 Å². The van der Waals surface area contributed by atoms with Crippen LogP contribution in [0.5, 0.6) is 0 Å². The number of rotatable bonds is 5. The van der Waals surface area contributed by atoms with Gasteiger partial charge in [-0.3, -0.25) is 4.90 Å². The number of likely N-dealkylation sites (tertiary alicyclic amines) is 1. The largest absolute Gasteiger partial charge is 0.394 e. The van der Waals surface area contributed by atoms with Gasteiger partial charge in [-0.15, -0.1) is 0 Å². The topological polar surface area (TPSA) is 69.7 Å². The summed E-state index contributed by atoms with van der Waals surface area (Å²) >= 11 is 0. The Kier molecular flexibility index (Phi) is 5.50. The van der Waals surface area contributed by atoms with Gasteiger partial charge in [-0.2, -0.15) is 0 Å². The van der Waals surface area contributed by atoms with E-state index in [4.69, 9.17) is 9.63 Å². The maximum atomic E-state index is 9.71. The number of piperidine rings is 1. The minimum absolute atomic E-state index is 0.127. The number of aliphatic hydroxyl groups excluding tert-OH is 2. The number of aliphatic hydroxyl groups is 2. The average molecular weight is 308 g/mol. The summed E-state index contributed by atoms with van der Waals surface area (Å²) in [5, 5.41) is 23.0. The molecule has 1 aliphatic heterocycles. The van der Waals surface area contributed by atoms with Crippen LogP contribution in [0.15, 0.2) is 10.6 Å². The fourth-order valence-corrected chi connectivity index (χ4v) is 3.86. The summed E-state index contributed by atoms with van der Waals surface area (Å²) in [5.74, 6) is 1.78. The van der Waals surface area contributed by atoms with E-state index >= 15 is 0 Å². The lowest BCUT2D eigenvalue weighted by atomic mass is 9.87. The first-order valence-corrected chi connectivity index (χ1v) is 8.73. The number of aromatic nitrogens is 1. The van der Waals surface area contributed by atoms with Gasteiger partial charge in [0, 0.05) is 12.0 Å². The normalized spacial score (nSPS) is 23.7. The molecule has 1 saturated heterocycles. The van der Waals surface area contributed by atoms with Crippen LogP contribution >= 0.6 is 0 Å². The van der Waals surface area contributed by atoms with Crippen LogP contribution in [0.3, 0.4) is 0 Å². The molecule has 1 aromatic heterocycles. The lowest BCUT2D eigenvalue weighted by Crippen LogP contribution is -2.38. The summed E-state index contributed by atoms with van der Waals surface area (Å²) in [7, 11) is 0. The van der Waals surface area contributed by atoms with Crippen molar-refractivity contribution >= 4 is 0 Å². The molecule has 1 atom stereocenters. The van der Waals surface area contributed by atoms with Crippen LogP contribution in [0.2, 0.25) is 0 Å². The molecular formula is C17H28N2O3. The van der Waals surface area contributed by atoms with Gasteiger partial charge < -0.3 is 14.7 Å². The van der Waals surface area contributed by atoms with Gasteiger partial charge in [-0.25, -0.2) is 0 Å². The molecular weight excluding hydrogens is 280 g/mol. The van der Waals surface area contributed by atoms with Crippen molar-refractivity contribution in [1.82, 2.24) is 10.1 Å². The highest BCUT2D eigenvalue weighted by Gasteiger charge is 2.26. The molecule has 1 aliphatic carbocycles. The number of hydrogen-bond acceptors (Lipinski definition) is 5. The summed E-state index contributed by atoms with van der Waals surface area (Å²) < 4.78 is 5.54. The van der Waals surface area contributed by atoms with E-state index in [1.165, 1.54) is 32.1 Å². The average Bonchev–Trinajstić information content (AvgIpc) is 3.04. The Morgan fingerprint density at radius 1 is 1.18 bits per heavy atom. The van der Waals surface area contributed by atoms with Crippen molar-refractivity contribution in [3.63, 3.8) is 0 Å². The first kappa shape index (κ1) is 16.0. The summed E-state index contributed by atoms with van der Waals surface area (Å²) in [6, 6.07) is 2.14. The van der Waals surface area contributed by atoms with Crippen molar-refractivity contribution in [2.45, 2.75) is 63.5 Å². The van der Waals surface area contributed by atoms with Crippen molar-refractivity contribution in [1.29, 1.82) is 0 Å². The van der Waals surface area contributed by atoms with Crippen molar-refractivity contribution in [3.8, 4) is 0 Å². The molecule has 0 amide bonds. The molecule has 5 nitrogen and oxygen atoms in total. The summed E-state index contributed by atoms with van der Waals surface area (Å²) in [6.45, 7) is 2.57. The van der Waals surface area contributed by atoms with Crippen LogP contribution in [0, 0.1) is 5.92 Å². The van der Waals surface area contributed by atoms with Gasteiger partial charge in [0.05, 0.1) is 24.9 Å². The van der Waals surface area contributed by atoms with Crippen LogP contribution in [0.25, 0.3) is 0 Å². The SMILES string of the molecule is OCC(O)C1CCN(Cc2cc(C3CCCCC3)no2)CC1. The highest BCUT2D eigenvalue weighted by atomic mass is 16.5. The maximum Gasteiger partial charge on any atom is 0.150 e. The Bertz CT molecular complexity index is 449. The first-order chi connectivity index (χ1) is 10.8. The van der Waals surface area contributed by atoms with Crippen molar-refractivity contribution in [2.24, 2.45) is 5.92 Å². The molecule has 5 heteroatoms. The zero-order chi connectivity index (χ0) is 15.4. The standard InChI is InChI=1S/C17H28N2O3/c20-12-17(21)14-6-8-19(9-7-14)11-15-10-16(18-22-15)13-4-2-1-3-5-13/h10,13-14,17,20-21H,1-9,11-12H2. The Morgan fingerprint density at radius 2 is 1.91 bits per heavy atom. The molecule has 1 aromatic rings. The second-order valence-corrected chi connectivity index (χ2v) is 6.92. The molecule has 1 unspecified atom stereocenters. The summed E-state index contributed by atoms with van der Waals surface area (Å²) in [6.07, 6.45) is 7.78. The monoisotopic (exact) mass is 308 g/mol. The Morgan fingerprint density at radius 3 is 2.59 bits per heavy atom.